The maximum absolute atomic E-state index is 10.1. The highest BCUT2D eigenvalue weighted by Gasteiger charge is 2.38. The van der Waals surface area contributed by atoms with Gasteiger partial charge in [-0.1, -0.05) is 20.3 Å². The molecule has 1 fully saturated rings. The highest BCUT2D eigenvalue weighted by Crippen LogP contribution is 2.48. The van der Waals surface area contributed by atoms with Gasteiger partial charge in [-0.3, -0.25) is 0 Å². The number of aliphatic hydroxyl groups is 1. The zero-order chi connectivity index (χ0) is 14.5. The fraction of sp³-hybridized carbons (Fsp3) is 0.562. The second kappa shape index (κ2) is 4.48. The van der Waals surface area contributed by atoms with E-state index in [2.05, 4.69) is 23.4 Å². The van der Waals surface area contributed by atoms with Crippen LogP contribution in [0.15, 0.2) is 18.2 Å². The number of aromatic nitrogens is 2. The van der Waals surface area contributed by atoms with Crippen LogP contribution in [0.4, 0.5) is 5.69 Å². The monoisotopic (exact) mass is 273 g/mol. The molecule has 2 aromatic rings. The quantitative estimate of drug-likeness (QED) is 0.824. The lowest BCUT2D eigenvalue weighted by Crippen LogP contribution is -2.23. The zero-order valence-electron chi connectivity index (χ0n) is 12.4. The number of imidazole rings is 1. The van der Waals surface area contributed by atoms with E-state index in [0.717, 1.165) is 23.3 Å². The Balaban J connectivity index is 2.24. The summed E-state index contributed by atoms with van der Waals surface area (Å²) >= 11 is 0. The van der Waals surface area contributed by atoms with Gasteiger partial charge in [-0.05, 0) is 43.4 Å². The molecule has 0 aliphatic heterocycles. The highest BCUT2D eigenvalue weighted by atomic mass is 16.3. The lowest BCUT2D eigenvalue weighted by molar-refractivity contribution is 0.170. The van der Waals surface area contributed by atoms with Gasteiger partial charge in [0.2, 0.25) is 0 Å². The van der Waals surface area contributed by atoms with E-state index in [0.29, 0.717) is 11.7 Å². The zero-order valence-corrected chi connectivity index (χ0v) is 12.4. The lowest BCUT2D eigenvalue weighted by Gasteiger charge is -2.30. The van der Waals surface area contributed by atoms with Crippen molar-refractivity contribution in [1.29, 1.82) is 0 Å². The first-order valence-corrected chi connectivity index (χ1v) is 7.35. The summed E-state index contributed by atoms with van der Waals surface area (Å²) in [5.41, 5.74) is 8.76. The van der Waals surface area contributed by atoms with Crippen molar-refractivity contribution in [3.8, 4) is 0 Å². The van der Waals surface area contributed by atoms with Crippen molar-refractivity contribution in [2.45, 2.75) is 52.2 Å². The van der Waals surface area contributed by atoms with E-state index < -0.39 is 6.10 Å². The van der Waals surface area contributed by atoms with E-state index in [1.165, 1.54) is 12.8 Å². The third kappa shape index (κ3) is 1.99. The average molecular weight is 273 g/mol. The fourth-order valence-electron chi connectivity index (χ4n) is 3.54. The second-order valence-corrected chi connectivity index (χ2v) is 6.66. The number of rotatable bonds is 2. The SMILES string of the molecule is CC(O)c1nc2cc(N)ccc2n1C1CCCC1(C)C. The van der Waals surface area contributed by atoms with Crippen molar-refractivity contribution in [2.75, 3.05) is 5.73 Å². The molecule has 0 spiro atoms. The number of nitrogens with zero attached hydrogens (tertiary/aromatic N) is 2. The van der Waals surface area contributed by atoms with Gasteiger partial charge >= 0.3 is 0 Å². The Bertz CT molecular complexity index is 642. The summed E-state index contributed by atoms with van der Waals surface area (Å²) in [6.45, 7) is 6.39. The fourth-order valence-corrected chi connectivity index (χ4v) is 3.54. The molecule has 4 heteroatoms. The summed E-state index contributed by atoms with van der Waals surface area (Å²) < 4.78 is 2.24. The molecule has 0 radical (unpaired) electrons. The third-order valence-electron chi connectivity index (χ3n) is 4.63. The van der Waals surface area contributed by atoms with Gasteiger partial charge in [0.1, 0.15) is 11.9 Å². The van der Waals surface area contributed by atoms with Crippen LogP contribution in [0.5, 0.6) is 0 Å². The molecule has 1 aliphatic rings. The Labute approximate surface area is 119 Å². The molecule has 1 aromatic heterocycles. The van der Waals surface area contributed by atoms with E-state index in [-0.39, 0.29) is 5.41 Å². The van der Waals surface area contributed by atoms with E-state index in [1.54, 1.807) is 6.92 Å². The molecule has 0 amide bonds. The van der Waals surface area contributed by atoms with Crippen LogP contribution in [0, 0.1) is 5.41 Å². The maximum atomic E-state index is 10.1. The summed E-state index contributed by atoms with van der Waals surface area (Å²) in [6, 6.07) is 6.21. The van der Waals surface area contributed by atoms with Crippen LogP contribution in [0.25, 0.3) is 11.0 Å². The van der Waals surface area contributed by atoms with Crippen molar-refractivity contribution in [1.82, 2.24) is 9.55 Å². The number of hydrogen-bond donors (Lipinski definition) is 2. The van der Waals surface area contributed by atoms with Crippen LogP contribution in [-0.2, 0) is 0 Å². The van der Waals surface area contributed by atoms with Crippen molar-refractivity contribution in [3.63, 3.8) is 0 Å². The molecule has 0 saturated heterocycles. The number of nitrogen functional groups attached to an aromatic ring is 1. The van der Waals surface area contributed by atoms with Crippen molar-refractivity contribution in [3.05, 3.63) is 24.0 Å². The standard InChI is InChI=1S/C16H23N3O/c1-10(20)15-18-12-9-11(17)6-7-13(12)19(15)14-5-4-8-16(14,2)3/h6-7,9-10,14,20H,4-5,8,17H2,1-3H3. The van der Waals surface area contributed by atoms with Crippen molar-refractivity contribution < 1.29 is 5.11 Å². The van der Waals surface area contributed by atoms with Gasteiger partial charge in [0.25, 0.3) is 0 Å². The van der Waals surface area contributed by atoms with Gasteiger partial charge in [0.05, 0.1) is 11.0 Å². The van der Waals surface area contributed by atoms with Crippen LogP contribution in [0.1, 0.15) is 58.0 Å². The summed E-state index contributed by atoms with van der Waals surface area (Å²) in [7, 11) is 0. The van der Waals surface area contributed by atoms with E-state index in [1.807, 2.05) is 18.2 Å². The third-order valence-corrected chi connectivity index (χ3v) is 4.63. The number of fused-ring (bicyclic) bond motifs is 1. The molecule has 2 unspecified atom stereocenters. The van der Waals surface area contributed by atoms with Crippen LogP contribution in [-0.4, -0.2) is 14.7 Å². The maximum Gasteiger partial charge on any atom is 0.138 e. The molecule has 1 heterocycles. The van der Waals surface area contributed by atoms with Gasteiger partial charge in [-0.2, -0.15) is 0 Å². The number of benzene rings is 1. The Morgan fingerprint density at radius 2 is 2.20 bits per heavy atom. The molecule has 1 saturated carbocycles. The van der Waals surface area contributed by atoms with E-state index >= 15 is 0 Å². The molecule has 3 N–H and O–H groups in total. The molecular formula is C16H23N3O. The number of aliphatic hydroxyl groups excluding tert-OH is 1. The smallest absolute Gasteiger partial charge is 0.138 e. The summed E-state index contributed by atoms with van der Waals surface area (Å²) in [6.07, 6.45) is 3.01. The van der Waals surface area contributed by atoms with E-state index in [4.69, 9.17) is 5.73 Å². The van der Waals surface area contributed by atoms with Crippen LogP contribution >= 0.6 is 0 Å². The Morgan fingerprint density at radius 1 is 1.45 bits per heavy atom. The Hall–Kier alpha value is -1.55. The largest absolute Gasteiger partial charge is 0.399 e. The Kier molecular flexibility index (Phi) is 3.01. The number of anilines is 1. The van der Waals surface area contributed by atoms with E-state index in [9.17, 15) is 5.11 Å². The first-order chi connectivity index (χ1) is 9.40. The molecule has 20 heavy (non-hydrogen) atoms. The summed E-state index contributed by atoms with van der Waals surface area (Å²) in [4.78, 5) is 4.62. The normalized spacial score (nSPS) is 23.3. The molecular weight excluding hydrogens is 250 g/mol. The number of hydrogen-bond acceptors (Lipinski definition) is 3. The predicted molar refractivity (Wildman–Crippen MR) is 81.4 cm³/mol. The topological polar surface area (TPSA) is 64.1 Å². The molecule has 3 rings (SSSR count). The second-order valence-electron chi connectivity index (χ2n) is 6.66. The van der Waals surface area contributed by atoms with Gasteiger partial charge in [0.15, 0.2) is 0 Å². The minimum Gasteiger partial charge on any atom is -0.399 e. The molecule has 4 nitrogen and oxygen atoms in total. The van der Waals surface area contributed by atoms with Gasteiger partial charge in [-0.15, -0.1) is 0 Å². The molecule has 1 aliphatic carbocycles. The molecule has 2 atom stereocenters. The van der Waals surface area contributed by atoms with Crippen LogP contribution in [0.2, 0.25) is 0 Å². The van der Waals surface area contributed by atoms with Gasteiger partial charge < -0.3 is 15.4 Å². The van der Waals surface area contributed by atoms with Crippen molar-refractivity contribution in [2.24, 2.45) is 5.41 Å². The van der Waals surface area contributed by atoms with Crippen molar-refractivity contribution >= 4 is 16.7 Å². The average Bonchev–Trinajstić information content (AvgIpc) is 2.88. The van der Waals surface area contributed by atoms with Gasteiger partial charge in [0, 0.05) is 11.7 Å². The first kappa shape index (κ1) is 13.4. The molecule has 0 bridgehead atoms. The molecule has 1 aromatic carbocycles. The summed E-state index contributed by atoms with van der Waals surface area (Å²) in [5, 5.41) is 10.1. The van der Waals surface area contributed by atoms with Gasteiger partial charge in [-0.25, -0.2) is 4.98 Å². The minimum atomic E-state index is -0.569. The summed E-state index contributed by atoms with van der Waals surface area (Å²) in [5.74, 6) is 0.755. The van der Waals surface area contributed by atoms with Crippen LogP contribution < -0.4 is 5.73 Å². The molecule has 108 valence electrons. The highest BCUT2D eigenvalue weighted by molar-refractivity contribution is 5.80. The lowest BCUT2D eigenvalue weighted by atomic mass is 9.87. The minimum absolute atomic E-state index is 0.235. The number of nitrogens with two attached hydrogens (primary N) is 1. The Morgan fingerprint density at radius 3 is 2.80 bits per heavy atom. The first-order valence-electron chi connectivity index (χ1n) is 7.35. The van der Waals surface area contributed by atoms with Crippen LogP contribution in [0.3, 0.4) is 0 Å². The predicted octanol–water partition coefficient (Wildman–Crippen LogP) is 3.42.